The van der Waals surface area contributed by atoms with Gasteiger partial charge in [0.1, 0.15) is 0 Å². The van der Waals surface area contributed by atoms with Crippen LogP contribution in [0, 0.1) is 11.3 Å². The molecule has 0 saturated carbocycles. The first-order valence-corrected chi connectivity index (χ1v) is 11.7. The number of pyridine rings is 1. The molecule has 9 nitrogen and oxygen atoms in total. The van der Waals surface area contributed by atoms with Crippen molar-refractivity contribution in [3.05, 3.63) is 71.6 Å². The number of nitriles is 1. The number of carbonyl (C=O) groups is 2. The number of fused-ring (bicyclic) bond motifs is 1. The van der Waals surface area contributed by atoms with E-state index >= 15 is 0 Å². The number of anilines is 2. The molecule has 1 saturated heterocycles. The molecule has 2 aromatic heterocycles. The van der Waals surface area contributed by atoms with Crippen LogP contribution in [0.5, 0.6) is 0 Å². The highest BCUT2D eigenvalue weighted by atomic mass is 16.2. The molecule has 2 aliphatic rings. The van der Waals surface area contributed by atoms with Crippen LogP contribution in [0.25, 0.3) is 0 Å². The summed E-state index contributed by atoms with van der Waals surface area (Å²) in [5, 5.41) is 12.8. The van der Waals surface area contributed by atoms with Crippen molar-refractivity contribution in [1.29, 1.82) is 5.26 Å². The highest BCUT2D eigenvalue weighted by Crippen LogP contribution is 2.42. The summed E-state index contributed by atoms with van der Waals surface area (Å²) in [5.74, 6) is 0.303. The van der Waals surface area contributed by atoms with Crippen LogP contribution in [0.15, 0.2) is 49.1 Å². The molecule has 0 aliphatic carbocycles. The Morgan fingerprint density at radius 1 is 1.20 bits per heavy atom. The summed E-state index contributed by atoms with van der Waals surface area (Å²) in [6.45, 7) is 5.24. The average molecular weight is 470 g/mol. The fourth-order valence-corrected chi connectivity index (χ4v) is 5.05. The van der Waals surface area contributed by atoms with Crippen LogP contribution in [0.1, 0.15) is 58.8 Å². The van der Waals surface area contributed by atoms with E-state index in [-0.39, 0.29) is 17.9 Å². The number of benzene rings is 1. The van der Waals surface area contributed by atoms with Gasteiger partial charge in [-0.2, -0.15) is 5.26 Å². The predicted octanol–water partition coefficient (Wildman–Crippen LogP) is 3.30. The summed E-state index contributed by atoms with van der Waals surface area (Å²) in [6.07, 6.45) is 8.46. The SMILES string of the molecule is Cn1ccnc1C(=O)N1CCC(Nc2cncc(N3C(=O)c4ccc(C#N)cc4C3(C)C)c2)CC1. The zero-order chi connectivity index (χ0) is 24.7. The fourth-order valence-electron chi connectivity index (χ4n) is 5.05. The van der Waals surface area contributed by atoms with E-state index in [0.717, 1.165) is 24.1 Å². The predicted molar refractivity (Wildman–Crippen MR) is 131 cm³/mol. The molecule has 2 amide bonds. The second-order valence-corrected chi connectivity index (χ2v) is 9.58. The summed E-state index contributed by atoms with van der Waals surface area (Å²) in [7, 11) is 1.82. The van der Waals surface area contributed by atoms with Crippen LogP contribution in [0.3, 0.4) is 0 Å². The topological polar surface area (TPSA) is 107 Å². The zero-order valence-electron chi connectivity index (χ0n) is 20.0. The summed E-state index contributed by atoms with van der Waals surface area (Å²) in [4.78, 5) is 38.1. The Balaban J connectivity index is 1.29. The number of hydrogen-bond acceptors (Lipinski definition) is 6. The molecule has 5 rings (SSSR count). The van der Waals surface area contributed by atoms with Gasteiger partial charge in [-0.25, -0.2) is 4.98 Å². The number of aryl methyl sites for hydroxylation is 1. The summed E-state index contributed by atoms with van der Waals surface area (Å²) in [6, 6.07) is 9.49. The highest BCUT2D eigenvalue weighted by Gasteiger charge is 2.44. The quantitative estimate of drug-likeness (QED) is 0.628. The Morgan fingerprint density at radius 2 is 1.97 bits per heavy atom. The fraction of sp³-hybridized carbons (Fsp3) is 0.346. The summed E-state index contributed by atoms with van der Waals surface area (Å²) in [5.41, 5.74) is 2.89. The van der Waals surface area contributed by atoms with E-state index in [1.807, 2.05) is 31.9 Å². The van der Waals surface area contributed by atoms with E-state index in [2.05, 4.69) is 21.4 Å². The number of rotatable bonds is 4. The van der Waals surface area contributed by atoms with E-state index in [9.17, 15) is 14.9 Å². The minimum Gasteiger partial charge on any atom is -0.381 e. The number of imidazole rings is 1. The van der Waals surface area contributed by atoms with Crippen LogP contribution < -0.4 is 10.2 Å². The third kappa shape index (κ3) is 3.91. The van der Waals surface area contributed by atoms with Gasteiger partial charge in [-0.05, 0) is 56.5 Å². The number of aromatic nitrogens is 3. The normalized spacial score (nSPS) is 17.3. The van der Waals surface area contributed by atoms with Gasteiger partial charge in [0.25, 0.3) is 11.8 Å². The first-order chi connectivity index (χ1) is 16.8. The molecular formula is C26H27N7O2. The monoisotopic (exact) mass is 469 g/mol. The van der Waals surface area contributed by atoms with Crippen molar-refractivity contribution in [2.75, 3.05) is 23.3 Å². The average Bonchev–Trinajstić information content (AvgIpc) is 3.37. The molecule has 0 radical (unpaired) electrons. The van der Waals surface area contributed by atoms with Gasteiger partial charge in [-0.15, -0.1) is 0 Å². The van der Waals surface area contributed by atoms with Crippen molar-refractivity contribution < 1.29 is 9.59 Å². The van der Waals surface area contributed by atoms with E-state index in [4.69, 9.17) is 0 Å². The lowest BCUT2D eigenvalue weighted by atomic mass is 9.92. The maximum absolute atomic E-state index is 13.3. The molecular weight excluding hydrogens is 442 g/mol. The van der Waals surface area contributed by atoms with Crippen LogP contribution in [0.4, 0.5) is 11.4 Å². The molecule has 0 bridgehead atoms. The lowest BCUT2D eigenvalue weighted by molar-refractivity contribution is 0.0702. The zero-order valence-corrected chi connectivity index (χ0v) is 20.0. The van der Waals surface area contributed by atoms with Gasteiger partial charge >= 0.3 is 0 Å². The molecule has 0 unspecified atom stereocenters. The largest absolute Gasteiger partial charge is 0.381 e. The van der Waals surface area contributed by atoms with Gasteiger partial charge in [-0.3, -0.25) is 19.5 Å². The van der Waals surface area contributed by atoms with Crippen molar-refractivity contribution in [3.8, 4) is 6.07 Å². The maximum Gasteiger partial charge on any atom is 0.289 e. The van der Waals surface area contributed by atoms with Crippen LogP contribution >= 0.6 is 0 Å². The van der Waals surface area contributed by atoms with Gasteiger partial charge < -0.3 is 14.8 Å². The minimum atomic E-state index is -0.615. The Morgan fingerprint density at radius 3 is 2.66 bits per heavy atom. The lowest BCUT2D eigenvalue weighted by Gasteiger charge is -2.34. The molecule has 1 aromatic carbocycles. The van der Waals surface area contributed by atoms with Gasteiger partial charge in [0.15, 0.2) is 5.82 Å². The van der Waals surface area contributed by atoms with Gasteiger partial charge in [0, 0.05) is 44.1 Å². The minimum absolute atomic E-state index is 0.0477. The Hall–Kier alpha value is -4.19. The van der Waals surface area contributed by atoms with Crippen molar-refractivity contribution in [2.45, 2.75) is 38.3 Å². The third-order valence-electron chi connectivity index (χ3n) is 6.95. The number of likely N-dealkylation sites (tertiary alicyclic amines) is 1. The first kappa shape index (κ1) is 22.6. The second kappa shape index (κ2) is 8.55. The number of amides is 2. The summed E-state index contributed by atoms with van der Waals surface area (Å²) < 4.78 is 1.74. The highest BCUT2D eigenvalue weighted by molar-refractivity contribution is 6.12. The Bertz CT molecular complexity index is 1350. The first-order valence-electron chi connectivity index (χ1n) is 11.7. The number of nitrogens with one attached hydrogen (secondary N) is 1. The second-order valence-electron chi connectivity index (χ2n) is 9.58. The molecule has 4 heterocycles. The van der Waals surface area contributed by atoms with Crippen molar-refractivity contribution in [3.63, 3.8) is 0 Å². The number of nitrogens with zero attached hydrogens (tertiary/aromatic N) is 6. The van der Waals surface area contributed by atoms with Gasteiger partial charge in [0.05, 0.1) is 40.9 Å². The van der Waals surface area contributed by atoms with Crippen molar-refractivity contribution >= 4 is 23.2 Å². The lowest BCUT2D eigenvalue weighted by Crippen LogP contribution is -2.43. The molecule has 3 aromatic rings. The molecule has 1 fully saturated rings. The standard InChI is InChI=1S/C26H27N7O2/c1-26(2)22-12-17(14-27)4-5-21(22)24(34)33(26)20-13-19(15-28-16-20)30-18-6-9-32(10-7-18)25(35)23-29-8-11-31(23)3/h4-5,8,11-13,15-16,18,30H,6-7,9-10H2,1-3H3. The number of carbonyl (C=O) groups excluding carboxylic acids is 2. The Kier molecular flexibility index (Phi) is 5.52. The molecule has 1 N–H and O–H groups in total. The molecule has 178 valence electrons. The van der Waals surface area contributed by atoms with Crippen molar-refractivity contribution in [1.82, 2.24) is 19.4 Å². The molecule has 35 heavy (non-hydrogen) atoms. The van der Waals surface area contributed by atoms with Crippen LogP contribution in [0.2, 0.25) is 0 Å². The number of piperidine rings is 1. The third-order valence-corrected chi connectivity index (χ3v) is 6.95. The Labute approximate surface area is 204 Å². The van der Waals surface area contributed by atoms with E-state index in [0.29, 0.717) is 35.7 Å². The van der Waals surface area contributed by atoms with Gasteiger partial charge in [0.2, 0.25) is 0 Å². The number of hydrogen-bond donors (Lipinski definition) is 1. The van der Waals surface area contributed by atoms with Crippen LogP contribution in [-0.2, 0) is 12.6 Å². The van der Waals surface area contributed by atoms with E-state index in [1.54, 1.807) is 52.5 Å². The molecule has 2 aliphatic heterocycles. The summed E-state index contributed by atoms with van der Waals surface area (Å²) >= 11 is 0. The van der Waals surface area contributed by atoms with Gasteiger partial charge in [-0.1, -0.05) is 0 Å². The maximum atomic E-state index is 13.3. The van der Waals surface area contributed by atoms with E-state index in [1.165, 1.54) is 0 Å². The van der Waals surface area contributed by atoms with E-state index < -0.39 is 5.54 Å². The smallest absolute Gasteiger partial charge is 0.289 e. The van der Waals surface area contributed by atoms with Crippen LogP contribution in [-0.4, -0.2) is 50.4 Å². The molecule has 0 spiro atoms. The molecule has 0 atom stereocenters. The van der Waals surface area contributed by atoms with Crippen molar-refractivity contribution in [2.24, 2.45) is 7.05 Å². The molecule has 9 heteroatoms.